The van der Waals surface area contributed by atoms with E-state index < -0.39 is 0 Å². The van der Waals surface area contributed by atoms with Gasteiger partial charge in [-0.15, -0.1) is 0 Å². The fraction of sp³-hybridized carbons (Fsp3) is 0.833. The average molecular weight is 224 g/mol. The lowest BCUT2D eigenvalue weighted by Crippen LogP contribution is -2.48. The zero-order valence-electron chi connectivity index (χ0n) is 10.1. The van der Waals surface area contributed by atoms with Crippen molar-refractivity contribution in [2.45, 2.75) is 44.7 Å². The highest BCUT2D eigenvalue weighted by Gasteiger charge is 2.40. The van der Waals surface area contributed by atoms with Crippen LogP contribution < -0.4 is 0 Å². The van der Waals surface area contributed by atoms with Gasteiger partial charge in [-0.25, -0.2) is 0 Å². The lowest BCUT2D eigenvalue weighted by atomic mass is 10.0. The van der Waals surface area contributed by atoms with E-state index in [4.69, 9.17) is 0 Å². The Balaban J connectivity index is 1.96. The van der Waals surface area contributed by atoms with Crippen molar-refractivity contribution in [2.75, 3.05) is 20.1 Å². The third-order valence-corrected chi connectivity index (χ3v) is 3.92. The standard InChI is InChI=1S/C12H20N2O2/c1-3-13(2)12(16)8-14-9-4-5-10(14)7-11(15)6-9/h9-10H,3-8H2,1-2H3. The molecule has 0 aromatic heterocycles. The molecule has 0 radical (unpaired) electrons. The minimum Gasteiger partial charge on any atom is -0.345 e. The van der Waals surface area contributed by atoms with Crippen LogP contribution in [0.15, 0.2) is 0 Å². The second-order valence-corrected chi connectivity index (χ2v) is 4.91. The predicted octanol–water partition coefficient (Wildman–Crippen LogP) is 0.661. The molecule has 2 fully saturated rings. The van der Waals surface area contributed by atoms with Crippen molar-refractivity contribution < 1.29 is 9.59 Å². The maximum atomic E-state index is 11.8. The summed E-state index contributed by atoms with van der Waals surface area (Å²) in [6.45, 7) is 3.22. The van der Waals surface area contributed by atoms with Crippen LogP contribution in [-0.2, 0) is 9.59 Å². The Hall–Kier alpha value is -0.900. The molecule has 0 N–H and O–H groups in total. The minimum absolute atomic E-state index is 0.175. The molecule has 2 saturated heterocycles. The van der Waals surface area contributed by atoms with Gasteiger partial charge in [-0.05, 0) is 19.8 Å². The highest BCUT2D eigenvalue weighted by atomic mass is 16.2. The van der Waals surface area contributed by atoms with Crippen molar-refractivity contribution in [1.29, 1.82) is 0 Å². The van der Waals surface area contributed by atoms with Gasteiger partial charge in [0.25, 0.3) is 0 Å². The molecule has 0 spiro atoms. The normalized spacial score (nSPS) is 29.5. The van der Waals surface area contributed by atoms with Crippen LogP contribution in [0.2, 0.25) is 0 Å². The molecule has 2 aliphatic heterocycles. The van der Waals surface area contributed by atoms with Gasteiger partial charge in [0.15, 0.2) is 0 Å². The Bertz CT molecular complexity index is 287. The first-order valence-electron chi connectivity index (χ1n) is 6.13. The summed E-state index contributed by atoms with van der Waals surface area (Å²) in [4.78, 5) is 27.3. The minimum atomic E-state index is 0.175. The molecule has 0 saturated carbocycles. The Kier molecular flexibility index (Phi) is 3.28. The van der Waals surface area contributed by atoms with E-state index in [0.717, 1.165) is 19.4 Å². The van der Waals surface area contributed by atoms with Gasteiger partial charge in [-0.1, -0.05) is 0 Å². The number of Topliss-reactive ketones (excluding diaryl/α,β-unsaturated/α-hetero) is 1. The first-order valence-corrected chi connectivity index (χ1v) is 6.13. The third kappa shape index (κ3) is 2.12. The number of rotatable bonds is 3. The highest BCUT2D eigenvalue weighted by molar-refractivity contribution is 5.82. The average Bonchev–Trinajstić information content (AvgIpc) is 2.51. The number of carbonyl (C=O) groups is 2. The van der Waals surface area contributed by atoms with E-state index in [-0.39, 0.29) is 5.91 Å². The molecule has 2 aliphatic rings. The molecule has 4 nitrogen and oxygen atoms in total. The van der Waals surface area contributed by atoms with Crippen LogP contribution in [0.4, 0.5) is 0 Å². The number of hydrogen-bond donors (Lipinski definition) is 0. The molecule has 4 heteroatoms. The zero-order valence-corrected chi connectivity index (χ0v) is 10.1. The number of likely N-dealkylation sites (N-methyl/N-ethyl adjacent to an activating group) is 1. The molecule has 0 aliphatic carbocycles. The van der Waals surface area contributed by atoms with Crippen LogP contribution in [0.1, 0.15) is 32.6 Å². The lowest BCUT2D eigenvalue weighted by Gasteiger charge is -2.34. The molecule has 2 unspecified atom stereocenters. The fourth-order valence-corrected chi connectivity index (χ4v) is 2.77. The van der Waals surface area contributed by atoms with Gasteiger partial charge in [-0.2, -0.15) is 0 Å². The van der Waals surface area contributed by atoms with Crippen LogP contribution in [0.25, 0.3) is 0 Å². The summed E-state index contributed by atoms with van der Waals surface area (Å²) in [5.74, 6) is 0.550. The molecule has 2 rings (SSSR count). The number of carbonyl (C=O) groups excluding carboxylic acids is 2. The highest BCUT2D eigenvalue weighted by Crippen LogP contribution is 2.33. The van der Waals surface area contributed by atoms with Crippen LogP contribution in [0.3, 0.4) is 0 Å². The summed E-state index contributed by atoms with van der Waals surface area (Å²) >= 11 is 0. The van der Waals surface area contributed by atoms with Gasteiger partial charge in [0, 0.05) is 38.5 Å². The van der Waals surface area contributed by atoms with Gasteiger partial charge >= 0.3 is 0 Å². The Labute approximate surface area is 96.6 Å². The summed E-state index contributed by atoms with van der Waals surface area (Å²) in [6, 6.07) is 0.668. The van der Waals surface area contributed by atoms with E-state index in [1.807, 2.05) is 14.0 Å². The van der Waals surface area contributed by atoms with E-state index in [1.54, 1.807) is 4.90 Å². The first-order chi connectivity index (χ1) is 7.61. The summed E-state index contributed by atoms with van der Waals surface area (Å²) < 4.78 is 0. The van der Waals surface area contributed by atoms with Gasteiger partial charge in [0.2, 0.25) is 5.91 Å². The molecule has 2 bridgehead atoms. The molecule has 0 aromatic rings. The summed E-state index contributed by atoms with van der Waals surface area (Å²) in [6.07, 6.45) is 3.47. The number of fused-ring (bicyclic) bond motifs is 2. The number of piperidine rings is 1. The van der Waals surface area contributed by atoms with Crippen molar-refractivity contribution in [3.05, 3.63) is 0 Å². The second-order valence-electron chi connectivity index (χ2n) is 4.91. The van der Waals surface area contributed by atoms with E-state index in [0.29, 0.717) is 37.3 Å². The van der Waals surface area contributed by atoms with E-state index >= 15 is 0 Å². The third-order valence-electron chi connectivity index (χ3n) is 3.92. The van der Waals surface area contributed by atoms with E-state index in [9.17, 15) is 9.59 Å². The molecule has 16 heavy (non-hydrogen) atoms. The molecule has 0 aromatic carbocycles. The van der Waals surface area contributed by atoms with Crippen molar-refractivity contribution in [3.8, 4) is 0 Å². The topological polar surface area (TPSA) is 40.6 Å². The number of amides is 1. The molecular weight excluding hydrogens is 204 g/mol. The molecular formula is C12H20N2O2. The van der Waals surface area contributed by atoms with Crippen LogP contribution in [0, 0.1) is 0 Å². The fourth-order valence-electron chi connectivity index (χ4n) is 2.77. The maximum Gasteiger partial charge on any atom is 0.236 e. The van der Waals surface area contributed by atoms with Gasteiger partial charge in [0.05, 0.1) is 6.54 Å². The number of ketones is 1. The van der Waals surface area contributed by atoms with Crippen molar-refractivity contribution >= 4 is 11.7 Å². The van der Waals surface area contributed by atoms with Gasteiger partial charge < -0.3 is 4.90 Å². The van der Waals surface area contributed by atoms with Gasteiger partial charge in [0.1, 0.15) is 5.78 Å². The predicted molar refractivity (Wildman–Crippen MR) is 61.1 cm³/mol. The van der Waals surface area contributed by atoms with Crippen molar-refractivity contribution in [3.63, 3.8) is 0 Å². The molecule has 90 valence electrons. The largest absolute Gasteiger partial charge is 0.345 e. The second kappa shape index (κ2) is 4.53. The Morgan fingerprint density at radius 2 is 1.94 bits per heavy atom. The van der Waals surface area contributed by atoms with Crippen molar-refractivity contribution in [2.24, 2.45) is 0 Å². The monoisotopic (exact) mass is 224 g/mol. The lowest BCUT2D eigenvalue weighted by molar-refractivity contribution is -0.134. The summed E-state index contributed by atoms with van der Waals surface area (Å²) in [7, 11) is 1.83. The molecule has 2 atom stereocenters. The van der Waals surface area contributed by atoms with E-state index in [1.165, 1.54) is 0 Å². The van der Waals surface area contributed by atoms with Crippen LogP contribution >= 0.6 is 0 Å². The Morgan fingerprint density at radius 1 is 1.38 bits per heavy atom. The smallest absolute Gasteiger partial charge is 0.236 e. The van der Waals surface area contributed by atoms with Crippen LogP contribution in [-0.4, -0.2) is 53.7 Å². The number of hydrogen-bond acceptors (Lipinski definition) is 3. The Morgan fingerprint density at radius 3 is 2.44 bits per heavy atom. The van der Waals surface area contributed by atoms with E-state index in [2.05, 4.69) is 4.90 Å². The van der Waals surface area contributed by atoms with Crippen molar-refractivity contribution in [1.82, 2.24) is 9.80 Å². The van der Waals surface area contributed by atoms with Gasteiger partial charge in [-0.3, -0.25) is 14.5 Å². The first kappa shape index (κ1) is 11.6. The molecule has 2 heterocycles. The SMILES string of the molecule is CCN(C)C(=O)CN1C2CCC1CC(=O)C2. The summed E-state index contributed by atoms with van der Waals surface area (Å²) in [5.41, 5.74) is 0. The van der Waals surface area contributed by atoms with Crippen LogP contribution in [0.5, 0.6) is 0 Å². The zero-order chi connectivity index (χ0) is 11.7. The number of nitrogens with zero attached hydrogens (tertiary/aromatic N) is 2. The quantitative estimate of drug-likeness (QED) is 0.707. The maximum absolute atomic E-state index is 11.8. The molecule has 1 amide bonds. The summed E-state index contributed by atoms with van der Waals surface area (Å²) in [5, 5.41) is 0.